The normalized spacial score (nSPS) is 13.6. The second-order valence-corrected chi connectivity index (χ2v) is 4.57. The second kappa shape index (κ2) is 5.99. The number of hydrogen-bond donors (Lipinski definition) is 0. The summed E-state index contributed by atoms with van der Waals surface area (Å²) in [5, 5.41) is 2.06. The van der Waals surface area contributed by atoms with Crippen molar-refractivity contribution in [1.82, 2.24) is 0 Å². The molecule has 0 bridgehead atoms. The Morgan fingerprint density at radius 2 is 1.89 bits per heavy atom. The fourth-order valence-electron chi connectivity index (χ4n) is 1.48. The Balaban J connectivity index is 3.32. The van der Waals surface area contributed by atoms with Gasteiger partial charge in [0.05, 0.1) is 11.3 Å². The molecule has 6 heteroatoms. The minimum atomic E-state index is -1.62. The zero-order valence-corrected chi connectivity index (χ0v) is 11.6. The van der Waals surface area contributed by atoms with Crippen LogP contribution in [0.5, 0.6) is 0 Å². The molecule has 1 aromatic carbocycles. The maximum absolute atomic E-state index is 13.2. The van der Waals surface area contributed by atoms with Gasteiger partial charge in [-0.1, -0.05) is 0 Å². The van der Waals surface area contributed by atoms with Gasteiger partial charge in [-0.05, 0) is 50.7 Å². The van der Waals surface area contributed by atoms with E-state index >= 15 is 0 Å². The van der Waals surface area contributed by atoms with Gasteiger partial charge >= 0.3 is 5.97 Å². The van der Waals surface area contributed by atoms with E-state index in [-0.39, 0.29) is 11.7 Å². The lowest BCUT2D eigenvalue weighted by atomic mass is 9.92. The Bertz CT molecular complexity index is 521. The Morgan fingerprint density at radius 3 is 2.32 bits per heavy atom. The minimum Gasteiger partial charge on any atom is -0.461 e. The van der Waals surface area contributed by atoms with E-state index in [1.807, 2.05) is 0 Å². The van der Waals surface area contributed by atoms with Crippen molar-refractivity contribution in [3.63, 3.8) is 0 Å². The third-order valence-electron chi connectivity index (χ3n) is 2.43. The van der Waals surface area contributed by atoms with Gasteiger partial charge < -0.3 is 4.74 Å². The van der Waals surface area contributed by atoms with Crippen molar-refractivity contribution in [2.24, 2.45) is 4.99 Å². The highest BCUT2D eigenvalue weighted by molar-refractivity contribution is 7.78. The summed E-state index contributed by atoms with van der Waals surface area (Å²) in [6.45, 7) is 4.68. The van der Waals surface area contributed by atoms with Gasteiger partial charge in [-0.2, -0.15) is 0 Å². The number of nitrogens with zero attached hydrogens (tertiary/aromatic N) is 1. The fourth-order valence-corrected chi connectivity index (χ4v) is 1.67. The summed E-state index contributed by atoms with van der Waals surface area (Å²) in [4.78, 5) is 15.8. The SMILES string of the molecule is CC(C)OC(=O)[C@](C)(N=C=S)c1cc(F)cc(F)c1. The number of hydrogen-bond acceptors (Lipinski definition) is 4. The number of halogens is 2. The molecule has 0 saturated carbocycles. The summed E-state index contributed by atoms with van der Waals surface area (Å²) in [6, 6.07) is 2.74. The summed E-state index contributed by atoms with van der Waals surface area (Å²) in [5.41, 5.74) is -1.59. The maximum Gasteiger partial charge on any atom is 0.339 e. The van der Waals surface area contributed by atoms with Crippen LogP contribution in [0.2, 0.25) is 0 Å². The van der Waals surface area contributed by atoms with E-state index in [1.165, 1.54) is 6.92 Å². The average molecular weight is 285 g/mol. The average Bonchev–Trinajstić information content (AvgIpc) is 2.26. The Labute approximate surface area is 115 Å². The van der Waals surface area contributed by atoms with Crippen LogP contribution < -0.4 is 0 Å². The van der Waals surface area contributed by atoms with Crippen LogP contribution in [0.4, 0.5) is 8.78 Å². The first-order chi connectivity index (χ1) is 8.79. The lowest BCUT2D eigenvalue weighted by molar-refractivity contribution is -0.153. The van der Waals surface area contributed by atoms with E-state index in [4.69, 9.17) is 4.74 Å². The van der Waals surface area contributed by atoms with Crippen LogP contribution in [-0.2, 0) is 15.1 Å². The molecular weight excluding hydrogens is 272 g/mol. The van der Waals surface area contributed by atoms with E-state index in [2.05, 4.69) is 22.4 Å². The summed E-state index contributed by atoms with van der Waals surface area (Å²) < 4.78 is 31.5. The van der Waals surface area contributed by atoms with Crippen molar-refractivity contribution in [3.05, 3.63) is 35.4 Å². The molecule has 19 heavy (non-hydrogen) atoms. The molecule has 1 aromatic rings. The molecule has 0 aliphatic heterocycles. The van der Waals surface area contributed by atoms with E-state index in [9.17, 15) is 13.6 Å². The molecule has 0 amide bonds. The number of aliphatic imine (C=N–C) groups is 1. The maximum atomic E-state index is 13.2. The van der Waals surface area contributed by atoms with Crippen molar-refractivity contribution in [2.75, 3.05) is 0 Å². The number of carbonyl (C=O) groups excluding carboxylic acids is 1. The van der Waals surface area contributed by atoms with Crippen molar-refractivity contribution >= 4 is 23.3 Å². The van der Waals surface area contributed by atoms with E-state index in [1.54, 1.807) is 13.8 Å². The Morgan fingerprint density at radius 1 is 1.37 bits per heavy atom. The highest BCUT2D eigenvalue weighted by atomic mass is 32.1. The highest BCUT2D eigenvalue weighted by Crippen LogP contribution is 2.28. The van der Waals surface area contributed by atoms with Crippen LogP contribution in [0.1, 0.15) is 26.3 Å². The van der Waals surface area contributed by atoms with Crippen LogP contribution in [-0.4, -0.2) is 17.2 Å². The van der Waals surface area contributed by atoms with E-state index in [0.29, 0.717) is 6.07 Å². The summed E-state index contributed by atoms with van der Waals surface area (Å²) in [5.74, 6) is -2.36. The fraction of sp³-hybridized carbons (Fsp3) is 0.385. The molecule has 1 atom stereocenters. The van der Waals surface area contributed by atoms with Crippen molar-refractivity contribution in [1.29, 1.82) is 0 Å². The van der Waals surface area contributed by atoms with E-state index < -0.39 is 23.1 Å². The van der Waals surface area contributed by atoms with Crippen LogP contribution in [0.15, 0.2) is 23.2 Å². The van der Waals surface area contributed by atoms with Gasteiger partial charge in [-0.25, -0.2) is 18.6 Å². The summed E-state index contributed by atoms with van der Waals surface area (Å²) in [6.07, 6.45) is -0.384. The largest absolute Gasteiger partial charge is 0.461 e. The molecule has 0 spiro atoms. The van der Waals surface area contributed by atoms with Gasteiger partial charge in [-0.15, -0.1) is 0 Å². The Kier molecular flexibility index (Phi) is 4.86. The predicted octanol–water partition coefficient (Wildman–Crippen LogP) is 3.23. The van der Waals surface area contributed by atoms with Crippen LogP contribution in [0.25, 0.3) is 0 Å². The van der Waals surface area contributed by atoms with Gasteiger partial charge in [0.1, 0.15) is 11.6 Å². The first kappa shape index (κ1) is 15.4. The summed E-state index contributed by atoms with van der Waals surface area (Å²) >= 11 is 4.49. The predicted molar refractivity (Wildman–Crippen MR) is 70.0 cm³/mol. The molecule has 0 radical (unpaired) electrons. The Hall–Kier alpha value is -1.65. The smallest absolute Gasteiger partial charge is 0.339 e. The number of esters is 1. The van der Waals surface area contributed by atoms with Crippen LogP contribution in [0, 0.1) is 11.6 Å². The number of rotatable bonds is 4. The molecule has 0 saturated heterocycles. The molecule has 0 fully saturated rings. The molecule has 0 aromatic heterocycles. The molecule has 0 unspecified atom stereocenters. The van der Waals surface area contributed by atoms with Gasteiger partial charge in [0.2, 0.25) is 0 Å². The first-order valence-electron chi connectivity index (χ1n) is 5.56. The zero-order chi connectivity index (χ0) is 14.6. The molecule has 3 nitrogen and oxygen atoms in total. The molecule has 1 rings (SSSR count). The van der Waals surface area contributed by atoms with Gasteiger partial charge in [-0.3, -0.25) is 0 Å². The third-order valence-corrected chi connectivity index (χ3v) is 2.53. The standard InChI is InChI=1S/C13H13F2NO2S/c1-8(2)18-12(17)13(3,16-7-19)9-4-10(14)6-11(15)5-9/h4-6,8H,1-3H3/t13-/m1/s1. The number of isothiocyanates is 1. The van der Waals surface area contributed by atoms with Gasteiger partial charge in [0.15, 0.2) is 5.54 Å². The van der Waals surface area contributed by atoms with Gasteiger partial charge in [0, 0.05) is 6.07 Å². The lowest BCUT2D eigenvalue weighted by Crippen LogP contribution is -2.34. The topological polar surface area (TPSA) is 38.7 Å². The minimum absolute atomic E-state index is 0.0213. The molecule has 102 valence electrons. The van der Waals surface area contributed by atoms with E-state index in [0.717, 1.165) is 12.1 Å². The first-order valence-corrected chi connectivity index (χ1v) is 5.97. The second-order valence-electron chi connectivity index (χ2n) is 4.39. The quantitative estimate of drug-likeness (QED) is 0.484. The number of thiocarbonyl (C=S) groups is 1. The molecule has 0 aliphatic carbocycles. The molecule has 0 N–H and O–H groups in total. The van der Waals surface area contributed by atoms with Crippen LogP contribution >= 0.6 is 12.2 Å². The van der Waals surface area contributed by atoms with Gasteiger partial charge in [0.25, 0.3) is 0 Å². The third kappa shape index (κ3) is 3.66. The molecular formula is C13H13F2NO2S. The molecule has 0 heterocycles. The highest BCUT2D eigenvalue weighted by Gasteiger charge is 2.38. The number of carbonyl (C=O) groups is 1. The number of ether oxygens (including phenoxy) is 1. The van der Waals surface area contributed by atoms with Crippen molar-refractivity contribution in [2.45, 2.75) is 32.4 Å². The molecule has 0 aliphatic rings. The van der Waals surface area contributed by atoms with Crippen molar-refractivity contribution in [3.8, 4) is 0 Å². The van der Waals surface area contributed by atoms with Crippen LogP contribution in [0.3, 0.4) is 0 Å². The monoisotopic (exact) mass is 285 g/mol. The number of benzene rings is 1. The lowest BCUT2D eigenvalue weighted by Gasteiger charge is -2.23. The summed E-state index contributed by atoms with van der Waals surface area (Å²) in [7, 11) is 0. The zero-order valence-electron chi connectivity index (χ0n) is 10.7. The van der Waals surface area contributed by atoms with Crippen molar-refractivity contribution < 1.29 is 18.3 Å².